The second-order valence-electron chi connectivity index (χ2n) is 5.25. The van der Waals surface area contributed by atoms with Crippen LogP contribution in [-0.4, -0.2) is 33.8 Å². The number of hydrogen-bond donors (Lipinski definition) is 1. The molecule has 2 heterocycles. The van der Waals surface area contributed by atoms with Crippen molar-refractivity contribution in [3.8, 4) is 0 Å². The summed E-state index contributed by atoms with van der Waals surface area (Å²) >= 11 is 1.12. The second kappa shape index (κ2) is 6.91. The minimum atomic E-state index is -0.442. The molecule has 1 N–H and O–H groups in total. The van der Waals surface area contributed by atoms with E-state index in [2.05, 4.69) is 20.1 Å². The lowest BCUT2D eigenvalue weighted by atomic mass is 10.1. The number of aromatic nitrogens is 3. The molecule has 0 atom stereocenters. The highest BCUT2D eigenvalue weighted by atomic mass is 32.1. The summed E-state index contributed by atoms with van der Waals surface area (Å²) in [6.07, 6.45) is 0.950. The van der Waals surface area contributed by atoms with E-state index in [4.69, 9.17) is 0 Å². The Hall–Kier alpha value is -2.22. The van der Waals surface area contributed by atoms with Crippen LogP contribution in [0, 0.1) is 20.8 Å². The largest absolute Gasteiger partial charge is 0.465 e. The zero-order valence-electron chi connectivity index (χ0n) is 13.9. The molecule has 0 spiro atoms. The molecule has 0 unspecified atom stereocenters. The third-order valence-corrected chi connectivity index (χ3v) is 4.73. The maximum absolute atomic E-state index is 12.1. The highest BCUT2D eigenvalue weighted by molar-refractivity contribution is 7.17. The number of amides is 1. The number of anilines is 1. The first-order valence-corrected chi connectivity index (χ1v) is 7.99. The third kappa shape index (κ3) is 3.76. The van der Waals surface area contributed by atoms with Gasteiger partial charge in [0.1, 0.15) is 4.88 Å². The van der Waals surface area contributed by atoms with Crippen molar-refractivity contribution in [1.82, 2.24) is 14.8 Å². The van der Waals surface area contributed by atoms with Crippen molar-refractivity contribution >= 4 is 28.3 Å². The third-order valence-electron chi connectivity index (χ3n) is 3.67. The molecule has 0 saturated carbocycles. The number of carbonyl (C=O) groups excluding carboxylic acids is 2. The highest BCUT2D eigenvalue weighted by Gasteiger charge is 2.17. The van der Waals surface area contributed by atoms with Crippen molar-refractivity contribution in [2.75, 3.05) is 12.4 Å². The summed E-state index contributed by atoms with van der Waals surface area (Å²) in [5, 5.41) is 7.48. The number of thiazole rings is 1. The van der Waals surface area contributed by atoms with Gasteiger partial charge < -0.3 is 10.1 Å². The Balaban J connectivity index is 1.99. The molecule has 0 aromatic carbocycles. The van der Waals surface area contributed by atoms with Crippen molar-refractivity contribution < 1.29 is 14.3 Å². The molecule has 0 radical (unpaired) electrons. The Labute approximate surface area is 138 Å². The molecule has 8 heteroatoms. The number of rotatable bonds is 5. The number of nitrogens with zero attached hydrogens (tertiary/aromatic N) is 3. The molecule has 0 bridgehead atoms. The topological polar surface area (TPSA) is 86.1 Å². The monoisotopic (exact) mass is 336 g/mol. The molecular weight excluding hydrogens is 316 g/mol. The zero-order valence-corrected chi connectivity index (χ0v) is 14.7. The van der Waals surface area contributed by atoms with E-state index in [9.17, 15) is 9.59 Å². The van der Waals surface area contributed by atoms with E-state index < -0.39 is 5.97 Å². The summed E-state index contributed by atoms with van der Waals surface area (Å²) in [5.41, 5.74) is 3.65. The van der Waals surface area contributed by atoms with E-state index in [-0.39, 0.29) is 5.91 Å². The number of esters is 1. The van der Waals surface area contributed by atoms with E-state index >= 15 is 0 Å². The Morgan fingerprint density at radius 3 is 2.52 bits per heavy atom. The molecule has 2 aromatic rings. The molecule has 0 saturated heterocycles. The predicted octanol–water partition coefficient (Wildman–Crippen LogP) is 2.16. The zero-order chi connectivity index (χ0) is 17.1. The smallest absolute Gasteiger partial charge is 0.350 e. The van der Waals surface area contributed by atoms with Gasteiger partial charge in [0.2, 0.25) is 5.91 Å². The fourth-order valence-electron chi connectivity index (χ4n) is 2.33. The average Bonchev–Trinajstić information content (AvgIpc) is 2.97. The van der Waals surface area contributed by atoms with Gasteiger partial charge in [-0.25, -0.2) is 9.78 Å². The standard InChI is InChI=1S/C15H20N4O3S/c1-8-11(10(3)19(4)18-8)6-7-12(20)17-15-16-9(2)13(23-15)14(21)22-5/h6-7H2,1-5H3,(H,16,17,20). The lowest BCUT2D eigenvalue weighted by Crippen LogP contribution is -2.12. The van der Waals surface area contributed by atoms with E-state index in [1.807, 2.05) is 25.6 Å². The van der Waals surface area contributed by atoms with Crippen LogP contribution in [0.25, 0.3) is 0 Å². The molecule has 1 amide bonds. The molecule has 0 fully saturated rings. The van der Waals surface area contributed by atoms with Gasteiger partial charge in [-0.1, -0.05) is 11.3 Å². The van der Waals surface area contributed by atoms with Crippen molar-refractivity contribution in [2.45, 2.75) is 33.6 Å². The van der Waals surface area contributed by atoms with Crippen molar-refractivity contribution in [3.05, 3.63) is 27.5 Å². The maximum Gasteiger partial charge on any atom is 0.350 e. The van der Waals surface area contributed by atoms with E-state index in [0.717, 1.165) is 28.3 Å². The van der Waals surface area contributed by atoms with Gasteiger partial charge in [0.25, 0.3) is 0 Å². The van der Waals surface area contributed by atoms with Crippen LogP contribution < -0.4 is 5.32 Å². The summed E-state index contributed by atoms with van der Waals surface area (Å²) < 4.78 is 6.49. The van der Waals surface area contributed by atoms with Gasteiger partial charge in [0, 0.05) is 19.2 Å². The molecule has 7 nitrogen and oxygen atoms in total. The normalized spacial score (nSPS) is 10.7. The fourth-order valence-corrected chi connectivity index (χ4v) is 3.23. The number of hydrogen-bond acceptors (Lipinski definition) is 6. The quantitative estimate of drug-likeness (QED) is 0.846. The number of aryl methyl sites for hydroxylation is 3. The molecule has 23 heavy (non-hydrogen) atoms. The SMILES string of the molecule is COC(=O)c1sc(NC(=O)CCc2c(C)nn(C)c2C)nc1C. The van der Waals surface area contributed by atoms with Gasteiger partial charge in [0.05, 0.1) is 18.5 Å². The van der Waals surface area contributed by atoms with Crippen LogP contribution >= 0.6 is 11.3 Å². The summed E-state index contributed by atoms with van der Waals surface area (Å²) in [7, 11) is 3.21. The molecular formula is C15H20N4O3S. The number of nitrogens with one attached hydrogen (secondary N) is 1. The Morgan fingerprint density at radius 1 is 1.26 bits per heavy atom. The fraction of sp³-hybridized carbons (Fsp3) is 0.467. The summed E-state index contributed by atoms with van der Waals surface area (Å²) in [4.78, 5) is 28.2. The second-order valence-corrected chi connectivity index (χ2v) is 6.25. The van der Waals surface area contributed by atoms with Gasteiger partial charge in [-0.3, -0.25) is 9.48 Å². The van der Waals surface area contributed by atoms with E-state index in [1.165, 1.54) is 7.11 Å². The molecule has 2 aromatic heterocycles. The van der Waals surface area contributed by atoms with Gasteiger partial charge in [-0.2, -0.15) is 5.10 Å². The number of methoxy groups -OCH3 is 1. The lowest BCUT2D eigenvalue weighted by Gasteiger charge is -2.03. The van der Waals surface area contributed by atoms with Crippen molar-refractivity contribution in [2.24, 2.45) is 7.05 Å². The Morgan fingerprint density at radius 2 is 1.96 bits per heavy atom. The summed E-state index contributed by atoms with van der Waals surface area (Å²) in [6.45, 7) is 5.63. The maximum atomic E-state index is 12.1. The minimum absolute atomic E-state index is 0.141. The predicted molar refractivity (Wildman–Crippen MR) is 87.8 cm³/mol. The highest BCUT2D eigenvalue weighted by Crippen LogP contribution is 2.23. The van der Waals surface area contributed by atoms with Crippen LogP contribution in [0.2, 0.25) is 0 Å². The molecule has 0 aliphatic heterocycles. The first-order chi connectivity index (χ1) is 10.8. The van der Waals surface area contributed by atoms with Crippen LogP contribution in [0.4, 0.5) is 5.13 Å². The Kier molecular flexibility index (Phi) is 5.15. The van der Waals surface area contributed by atoms with Crippen LogP contribution in [0.5, 0.6) is 0 Å². The van der Waals surface area contributed by atoms with Crippen molar-refractivity contribution in [1.29, 1.82) is 0 Å². The first kappa shape index (κ1) is 17.1. The molecule has 0 aliphatic rings. The summed E-state index contributed by atoms with van der Waals surface area (Å²) in [6, 6.07) is 0. The molecule has 0 aliphatic carbocycles. The minimum Gasteiger partial charge on any atom is -0.465 e. The summed E-state index contributed by atoms with van der Waals surface area (Å²) in [5.74, 6) is -0.583. The van der Waals surface area contributed by atoms with E-state index in [1.54, 1.807) is 6.92 Å². The van der Waals surface area contributed by atoms with Crippen molar-refractivity contribution in [3.63, 3.8) is 0 Å². The van der Waals surface area contributed by atoms with E-state index in [0.29, 0.717) is 28.5 Å². The molecule has 124 valence electrons. The Bertz CT molecular complexity index is 748. The van der Waals surface area contributed by atoms with Gasteiger partial charge in [-0.05, 0) is 32.8 Å². The number of ether oxygens (including phenoxy) is 1. The van der Waals surface area contributed by atoms with Gasteiger partial charge >= 0.3 is 5.97 Å². The number of carbonyl (C=O) groups is 2. The first-order valence-electron chi connectivity index (χ1n) is 7.18. The van der Waals surface area contributed by atoms with Crippen LogP contribution in [-0.2, 0) is 23.0 Å². The van der Waals surface area contributed by atoms with Gasteiger partial charge in [-0.15, -0.1) is 0 Å². The molecule has 2 rings (SSSR count). The van der Waals surface area contributed by atoms with Gasteiger partial charge in [0.15, 0.2) is 5.13 Å². The average molecular weight is 336 g/mol. The van der Waals surface area contributed by atoms with Crippen LogP contribution in [0.3, 0.4) is 0 Å². The van der Waals surface area contributed by atoms with Crippen LogP contribution in [0.1, 0.15) is 38.7 Å². The van der Waals surface area contributed by atoms with Crippen LogP contribution in [0.15, 0.2) is 0 Å². The lowest BCUT2D eigenvalue weighted by molar-refractivity contribution is -0.116.